The number of aryl methyl sites for hydroxylation is 1. The van der Waals surface area contributed by atoms with Gasteiger partial charge >= 0.3 is 5.97 Å². The molecule has 1 unspecified atom stereocenters. The quantitative estimate of drug-likeness (QED) is 0.864. The average Bonchev–Trinajstić information content (AvgIpc) is 2.22. The van der Waals surface area contributed by atoms with Gasteiger partial charge in [0.2, 0.25) is 0 Å². The fraction of sp³-hybridized carbons (Fsp3) is 0.455. The monoisotopic (exact) mass is 286 g/mol. The van der Waals surface area contributed by atoms with E-state index in [0.29, 0.717) is 12.4 Å². The van der Waals surface area contributed by atoms with E-state index >= 15 is 0 Å². The number of hydrogen-bond donors (Lipinski definition) is 1. The summed E-state index contributed by atoms with van der Waals surface area (Å²) >= 11 is 3.33. The predicted octanol–water partition coefficient (Wildman–Crippen LogP) is 2.52. The maximum atomic E-state index is 11.4. The summed E-state index contributed by atoms with van der Waals surface area (Å²) in [5, 5.41) is 3.02. The summed E-state index contributed by atoms with van der Waals surface area (Å²) in [5.41, 5.74) is 0.977. The average molecular weight is 287 g/mol. The van der Waals surface area contributed by atoms with Crippen molar-refractivity contribution in [3.05, 3.63) is 22.3 Å². The number of halogens is 1. The van der Waals surface area contributed by atoms with E-state index in [0.717, 1.165) is 10.0 Å². The Morgan fingerprint density at radius 2 is 2.38 bits per heavy atom. The molecule has 0 saturated carbocycles. The molecule has 0 bridgehead atoms. The number of anilines is 1. The third-order valence-corrected chi connectivity index (χ3v) is 2.47. The number of nitrogens with zero attached hydrogens (tertiary/aromatic N) is 1. The van der Waals surface area contributed by atoms with E-state index in [9.17, 15) is 4.79 Å². The second-order valence-electron chi connectivity index (χ2n) is 3.44. The molecule has 0 spiro atoms. The van der Waals surface area contributed by atoms with Gasteiger partial charge in [-0.15, -0.1) is 0 Å². The smallest absolute Gasteiger partial charge is 0.328 e. The highest BCUT2D eigenvalue weighted by Gasteiger charge is 2.14. The molecule has 1 N–H and O–H groups in total. The van der Waals surface area contributed by atoms with Crippen molar-refractivity contribution in [1.29, 1.82) is 0 Å². The Labute approximate surface area is 104 Å². The van der Waals surface area contributed by atoms with Crippen LogP contribution in [0.15, 0.2) is 16.7 Å². The molecule has 0 fully saturated rings. The van der Waals surface area contributed by atoms with Gasteiger partial charge in [0, 0.05) is 10.7 Å². The van der Waals surface area contributed by atoms with Gasteiger partial charge in [0.1, 0.15) is 11.9 Å². The molecule has 0 radical (unpaired) electrons. The van der Waals surface area contributed by atoms with E-state index in [1.165, 1.54) is 0 Å². The number of rotatable bonds is 4. The second-order valence-corrected chi connectivity index (χ2v) is 4.35. The molecule has 1 aromatic rings. The van der Waals surface area contributed by atoms with Crippen LogP contribution in [0.3, 0.4) is 0 Å². The molecule has 0 saturated heterocycles. The van der Waals surface area contributed by atoms with Crippen LogP contribution in [0.2, 0.25) is 0 Å². The maximum Gasteiger partial charge on any atom is 0.328 e. The minimum absolute atomic E-state index is 0.272. The maximum absolute atomic E-state index is 11.4. The Kier molecular flexibility index (Phi) is 4.73. The van der Waals surface area contributed by atoms with Crippen molar-refractivity contribution in [2.45, 2.75) is 26.8 Å². The molecule has 1 atom stereocenters. The normalized spacial score (nSPS) is 12.0. The van der Waals surface area contributed by atoms with Crippen LogP contribution >= 0.6 is 15.9 Å². The zero-order chi connectivity index (χ0) is 12.1. The Hall–Kier alpha value is -1.10. The number of pyridine rings is 1. The van der Waals surface area contributed by atoms with Crippen LogP contribution < -0.4 is 5.32 Å². The van der Waals surface area contributed by atoms with E-state index in [1.54, 1.807) is 20.0 Å². The van der Waals surface area contributed by atoms with Crippen molar-refractivity contribution in [2.75, 3.05) is 11.9 Å². The van der Waals surface area contributed by atoms with Gasteiger partial charge in [-0.3, -0.25) is 0 Å². The highest BCUT2D eigenvalue weighted by Crippen LogP contribution is 2.17. The van der Waals surface area contributed by atoms with Crippen molar-refractivity contribution in [3.63, 3.8) is 0 Å². The van der Waals surface area contributed by atoms with Crippen LogP contribution in [0.1, 0.15) is 19.4 Å². The third-order valence-electron chi connectivity index (χ3n) is 2.04. The Balaban J connectivity index is 2.69. The minimum Gasteiger partial charge on any atom is -0.464 e. The summed E-state index contributed by atoms with van der Waals surface area (Å²) in [6, 6.07) is 1.54. The lowest BCUT2D eigenvalue weighted by atomic mass is 10.2. The zero-order valence-electron chi connectivity index (χ0n) is 9.58. The van der Waals surface area contributed by atoms with Crippen molar-refractivity contribution in [1.82, 2.24) is 4.98 Å². The Morgan fingerprint density at radius 1 is 1.69 bits per heavy atom. The molecule has 1 heterocycles. The number of hydrogen-bond acceptors (Lipinski definition) is 4. The molecule has 1 aromatic heterocycles. The van der Waals surface area contributed by atoms with Gasteiger partial charge in [0.15, 0.2) is 0 Å². The summed E-state index contributed by atoms with van der Waals surface area (Å²) in [4.78, 5) is 15.6. The number of carbonyl (C=O) groups excluding carboxylic acids is 1. The molecule has 5 heteroatoms. The van der Waals surface area contributed by atoms with Crippen LogP contribution in [-0.2, 0) is 9.53 Å². The summed E-state index contributed by atoms with van der Waals surface area (Å²) in [6.07, 6.45) is 1.69. The van der Waals surface area contributed by atoms with Crippen LogP contribution in [0.25, 0.3) is 0 Å². The number of ether oxygens (including phenoxy) is 1. The molecule has 4 nitrogen and oxygen atoms in total. The lowest BCUT2D eigenvalue weighted by Crippen LogP contribution is -2.28. The predicted molar refractivity (Wildman–Crippen MR) is 66.4 cm³/mol. The fourth-order valence-electron chi connectivity index (χ4n) is 1.22. The van der Waals surface area contributed by atoms with Crippen LogP contribution in [0.5, 0.6) is 0 Å². The third kappa shape index (κ3) is 3.48. The number of aromatic nitrogens is 1. The first kappa shape index (κ1) is 13.0. The standard InChI is InChI=1S/C11H15BrN2O2/c1-4-16-11(15)8(3)14-10-7(2)5-9(12)6-13-10/h5-6,8H,4H2,1-3H3,(H,13,14). The van der Waals surface area contributed by atoms with Crippen molar-refractivity contribution < 1.29 is 9.53 Å². The molecular weight excluding hydrogens is 272 g/mol. The van der Waals surface area contributed by atoms with Crippen molar-refractivity contribution in [3.8, 4) is 0 Å². The number of nitrogens with one attached hydrogen (secondary N) is 1. The SMILES string of the molecule is CCOC(=O)C(C)Nc1ncc(Br)cc1C. The zero-order valence-corrected chi connectivity index (χ0v) is 11.2. The van der Waals surface area contributed by atoms with Gasteiger partial charge in [0.25, 0.3) is 0 Å². The van der Waals surface area contributed by atoms with Gasteiger partial charge < -0.3 is 10.1 Å². The first-order valence-corrected chi connectivity index (χ1v) is 5.89. The summed E-state index contributed by atoms with van der Waals surface area (Å²) < 4.78 is 5.82. The van der Waals surface area contributed by atoms with Crippen LogP contribution in [0.4, 0.5) is 5.82 Å². The molecule has 16 heavy (non-hydrogen) atoms. The molecule has 88 valence electrons. The van der Waals surface area contributed by atoms with E-state index in [2.05, 4.69) is 26.2 Å². The molecule has 0 aliphatic rings. The number of esters is 1. The first-order valence-electron chi connectivity index (χ1n) is 5.10. The molecular formula is C11H15BrN2O2. The molecule has 0 aromatic carbocycles. The van der Waals surface area contributed by atoms with Crippen molar-refractivity contribution in [2.24, 2.45) is 0 Å². The summed E-state index contributed by atoms with van der Waals surface area (Å²) in [5.74, 6) is 0.426. The van der Waals surface area contributed by atoms with Gasteiger partial charge in [-0.25, -0.2) is 9.78 Å². The van der Waals surface area contributed by atoms with E-state index in [1.807, 2.05) is 13.0 Å². The van der Waals surface area contributed by atoms with E-state index < -0.39 is 6.04 Å². The van der Waals surface area contributed by atoms with Gasteiger partial charge in [-0.2, -0.15) is 0 Å². The van der Waals surface area contributed by atoms with E-state index in [4.69, 9.17) is 4.74 Å². The molecule has 0 aliphatic carbocycles. The van der Waals surface area contributed by atoms with Crippen molar-refractivity contribution >= 4 is 27.7 Å². The fourth-order valence-corrected chi connectivity index (χ4v) is 1.67. The Morgan fingerprint density at radius 3 is 2.94 bits per heavy atom. The number of carbonyl (C=O) groups is 1. The van der Waals surface area contributed by atoms with Gasteiger partial charge in [-0.1, -0.05) is 0 Å². The summed E-state index contributed by atoms with van der Waals surface area (Å²) in [6.45, 7) is 5.85. The Bertz CT molecular complexity index is 382. The minimum atomic E-state index is -0.396. The molecule has 0 aliphatic heterocycles. The lowest BCUT2D eigenvalue weighted by molar-refractivity contribution is -0.143. The highest BCUT2D eigenvalue weighted by atomic mass is 79.9. The second kappa shape index (κ2) is 5.84. The first-order chi connectivity index (χ1) is 7.54. The van der Waals surface area contributed by atoms with Gasteiger partial charge in [0.05, 0.1) is 6.61 Å². The summed E-state index contributed by atoms with van der Waals surface area (Å²) in [7, 11) is 0. The van der Waals surface area contributed by atoms with Gasteiger partial charge in [-0.05, 0) is 48.3 Å². The highest BCUT2D eigenvalue weighted by molar-refractivity contribution is 9.10. The molecule has 0 amide bonds. The van der Waals surface area contributed by atoms with Crippen LogP contribution in [-0.4, -0.2) is 23.6 Å². The molecule has 1 rings (SSSR count). The lowest BCUT2D eigenvalue weighted by Gasteiger charge is -2.14. The largest absolute Gasteiger partial charge is 0.464 e. The topological polar surface area (TPSA) is 51.2 Å². The van der Waals surface area contributed by atoms with E-state index in [-0.39, 0.29) is 5.97 Å². The van der Waals surface area contributed by atoms with Crippen LogP contribution in [0, 0.1) is 6.92 Å².